The molecule has 0 atom stereocenters. The summed E-state index contributed by atoms with van der Waals surface area (Å²) in [7, 11) is 0. The van der Waals surface area contributed by atoms with Crippen LogP contribution < -0.4 is 16.6 Å². The molecule has 1 aromatic carbocycles. The molecule has 100 valence electrons. The Morgan fingerprint density at radius 3 is 2.35 bits per heavy atom. The number of fused-ring (bicyclic) bond motifs is 1. The Labute approximate surface area is 121 Å². The van der Waals surface area contributed by atoms with Crippen molar-refractivity contribution in [2.45, 2.75) is 0 Å². The van der Waals surface area contributed by atoms with E-state index in [1.54, 1.807) is 24.3 Å². The Bertz CT molecular complexity index is 809. The van der Waals surface area contributed by atoms with E-state index in [0.717, 1.165) is 10.5 Å². The second-order valence-corrected chi connectivity index (χ2v) is 5.17. The van der Waals surface area contributed by atoms with Gasteiger partial charge in [-0.2, -0.15) is 0 Å². The van der Waals surface area contributed by atoms with Crippen molar-refractivity contribution in [3.05, 3.63) is 56.3 Å². The first-order valence-electron chi connectivity index (χ1n) is 5.66. The fourth-order valence-corrected chi connectivity index (χ4v) is 2.40. The smallest absolute Gasteiger partial charge is 0.262 e. The van der Waals surface area contributed by atoms with Crippen molar-refractivity contribution in [1.29, 1.82) is 0 Å². The molecule has 6 nitrogen and oxygen atoms in total. The van der Waals surface area contributed by atoms with E-state index in [1.165, 1.54) is 4.57 Å². The van der Waals surface area contributed by atoms with Crippen LogP contribution in [0.15, 0.2) is 39.6 Å². The summed E-state index contributed by atoms with van der Waals surface area (Å²) in [5.74, 6) is -1.23. The number of nitrogens with one attached hydrogen (secondary N) is 1. The average molecular weight is 334 g/mol. The number of imide groups is 1. The number of hydrogen-bond donors (Lipinski definition) is 2. The van der Waals surface area contributed by atoms with Gasteiger partial charge in [0.05, 0.1) is 16.8 Å². The number of carbonyl (C=O) groups excluding carboxylic acids is 2. The number of aromatic nitrogens is 1. The van der Waals surface area contributed by atoms with Crippen LogP contribution in [-0.2, 0) is 0 Å². The summed E-state index contributed by atoms with van der Waals surface area (Å²) < 4.78 is 2.05. The summed E-state index contributed by atoms with van der Waals surface area (Å²) in [5.41, 5.74) is 6.01. The Balaban J connectivity index is 2.31. The number of benzene rings is 1. The molecule has 1 aliphatic heterocycles. The van der Waals surface area contributed by atoms with E-state index in [-0.39, 0.29) is 16.9 Å². The van der Waals surface area contributed by atoms with Gasteiger partial charge in [-0.25, -0.2) is 0 Å². The lowest BCUT2D eigenvalue weighted by Gasteiger charge is -2.11. The molecule has 2 heterocycles. The number of amides is 2. The first kappa shape index (κ1) is 12.6. The normalized spacial score (nSPS) is 13.2. The Kier molecular flexibility index (Phi) is 2.72. The molecule has 0 unspecified atom stereocenters. The molecule has 2 aromatic rings. The summed E-state index contributed by atoms with van der Waals surface area (Å²) in [6.45, 7) is 0. The highest BCUT2D eigenvalue weighted by Gasteiger charge is 2.31. The van der Waals surface area contributed by atoms with Gasteiger partial charge in [0.15, 0.2) is 0 Å². The maximum absolute atomic E-state index is 12.1. The van der Waals surface area contributed by atoms with Crippen molar-refractivity contribution in [1.82, 2.24) is 9.88 Å². The second-order valence-electron chi connectivity index (χ2n) is 4.25. The van der Waals surface area contributed by atoms with E-state index in [1.807, 2.05) is 0 Å². The van der Waals surface area contributed by atoms with Crippen molar-refractivity contribution in [3.63, 3.8) is 0 Å². The monoisotopic (exact) mass is 333 g/mol. The number of carbonyl (C=O) groups is 2. The fourth-order valence-electron chi connectivity index (χ4n) is 2.14. The number of hydrogen-bond acceptors (Lipinski definition) is 4. The fraction of sp³-hybridized carbons (Fsp3) is 0. The number of nitrogens with two attached hydrogens (primary N) is 1. The number of pyridine rings is 1. The van der Waals surface area contributed by atoms with Gasteiger partial charge in [-0.3, -0.25) is 24.3 Å². The van der Waals surface area contributed by atoms with Crippen molar-refractivity contribution in [2.75, 3.05) is 5.73 Å². The molecule has 0 saturated heterocycles. The largest absolute Gasteiger partial charge is 0.384 e. The minimum atomic E-state index is -0.600. The molecule has 1 aliphatic rings. The zero-order valence-corrected chi connectivity index (χ0v) is 11.6. The summed E-state index contributed by atoms with van der Waals surface area (Å²) >= 11 is 3.29. The number of anilines is 1. The van der Waals surface area contributed by atoms with Crippen LogP contribution >= 0.6 is 15.9 Å². The molecule has 0 radical (unpaired) electrons. The van der Waals surface area contributed by atoms with Crippen LogP contribution in [0.4, 0.5) is 5.82 Å². The Morgan fingerprint density at radius 1 is 1.05 bits per heavy atom. The van der Waals surface area contributed by atoms with Gasteiger partial charge in [0.1, 0.15) is 5.82 Å². The molecular formula is C13H8BrN3O3. The molecule has 2 amide bonds. The molecule has 0 bridgehead atoms. The van der Waals surface area contributed by atoms with Crippen molar-refractivity contribution < 1.29 is 9.59 Å². The molecule has 0 saturated carbocycles. The standard InChI is InChI=1S/C13H8BrN3O3/c14-6-1-3-7(4-2-6)17-9(18)5-8-10(11(17)15)13(20)16-12(8)19/h1-5H,15H2,(H,16,19,20). The molecule has 0 spiro atoms. The Hall–Kier alpha value is -2.41. The lowest BCUT2D eigenvalue weighted by atomic mass is 10.1. The van der Waals surface area contributed by atoms with Gasteiger partial charge in [0.2, 0.25) is 0 Å². The average Bonchev–Trinajstić information content (AvgIpc) is 2.67. The highest BCUT2D eigenvalue weighted by Crippen LogP contribution is 2.23. The van der Waals surface area contributed by atoms with Crippen molar-refractivity contribution >= 4 is 33.6 Å². The van der Waals surface area contributed by atoms with Gasteiger partial charge in [-0.05, 0) is 24.3 Å². The van der Waals surface area contributed by atoms with Gasteiger partial charge in [-0.15, -0.1) is 0 Å². The molecular weight excluding hydrogens is 326 g/mol. The van der Waals surface area contributed by atoms with Gasteiger partial charge in [-0.1, -0.05) is 15.9 Å². The summed E-state index contributed by atoms with van der Waals surface area (Å²) in [5, 5.41) is 2.12. The first-order valence-corrected chi connectivity index (χ1v) is 6.45. The highest BCUT2D eigenvalue weighted by atomic mass is 79.9. The number of nitrogens with zero attached hydrogens (tertiary/aromatic N) is 1. The SMILES string of the molecule is Nc1c2c(cc(=O)n1-c1ccc(Br)cc1)C(=O)NC2=O. The lowest BCUT2D eigenvalue weighted by molar-refractivity contribution is 0.0880. The third-order valence-electron chi connectivity index (χ3n) is 3.04. The molecule has 3 N–H and O–H groups in total. The Morgan fingerprint density at radius 2 is 1.70 bits per heavy atom. The summed E-state index contributed by atoms with van der Waals surface area (Å²) in [6.07, 6.45) is 0. The van der Waals surface area contributed by atoms with E-state index < -0.39 is 17.4 Å². The minimum absolute atomic E-state index is 0.0193. The molecule has 7 heteroatoms. The van der Waals surface area contributed by atoms with E-state index >= 15 is 0 Å². The zero-order chi connectivity index (χ0) is 14.4. The molecule has 0 fully saturated rings. The topological polar surface area (TPSA) is 94.2 Å². The van der Waals surface area contributed by atoms with E-state index in [2.05, 4.69) is 21.2 Å². The predicted octanol–water partition coefficient (Wildman–Crippen LogP) is 1.07. The van der Waals surface area contributed by atoms with Crippen LogP contribution in [0, 0.1) is 0 Å². The number of nitrogen functional groups attached to an aromatic ring is 1. The maximum atomic E-state index is 12.1. The van der Waals surface area contributed by atoms with Crippen molar-refractivity contribution in [2.24, 2.45) is 0 Å². The quantitative estimate of drug-likeness (QED) is 0.763. The van der Waals surface area contributed by atoms with E-state index in [0.29, 0.717) is 5.69 Å². The first-order chi connectivity index (χ1) is 9.49. The van der Waals surface area contributed by atoms with E-state index in [4.69, 9.17) is 5.73 Å². The van der Waals surface area contributed by atoms with Gasteiger partial charge < -0.3 is 5.73 Å². The van der Waals surface area contributed by atoms with Crippen LogP contribution in [-0.4, -0.2) is 16.4 Å². The van der Waals surface area contributed by atoms with Gasteiger partial charge in [0, 0.05) is 10.5 Å². The van der Waals surface area contributed by atoms with Crippen LogP contribution in [0.3, 0.4) is 0 Å². The summed E-state index contributed by atoms with van der Waals surface area (Å²) in [6, 6.07) is 7.99. The molecule has 20 heavy (non-hydrogen) atoms. The van der Waals surface area contributed by atoms with E-state index in [9.17, 15) is 14.4 Å². The highest BCUT2D eigenvalue weighted by molar-refractivity contribution is 9.10. The number of rotatable bonds is 1. The predicted molar refractivity (Wildman–Crippen MR) is 75.9 cm³/mol. The van der Waals surface area contributed by atoms with Crippen LogP contribution in [0.25, 0.3) is 5.69 Å². The number of halogens is 1. The van der Waals surface area contributed by atoms with Gasteiger partial charge in [0.25, 0.3) is 17.4 Å². The lowest BCUT2D eigenvalue weighted by Crippen LogP contribution is -2.24. The summed E-state index contributed by atoms with van der Waals surface area (Å²) in [4.78, 5) is 35.4. The van der Waals surface area contributed by atoms with Crippen LogP contribution in [0.5, 0.6) is 0 Å². The second kappa shape index (κ2) is 4.31. The molecule has 1 aromatic heterocycles. The van der Waals surface area contributed by atoms with Crippen LogP contribution in [0.2, 0.25) is 0 Å². The zero-order valence-electron chi connectivity index (χ0n) is 10.0. The maximum Gasteiger partial charge on any atom is 0.262 e. The van der Waals surface area contributed by atoms with Crippen molar-refractivity contribution in [3.8, 4) is 5.69 Å². The third kappa shape index (κ3) is 1.75. The van der Waals surface area contributed by atoms with Crippen LogP contribution in [0.1, 0.15) is 20.7 Å². The molecule has 3 rings (SSSR count). The molecule has 0 aliphatic carbocycles. The van der Waals surface area contributed by atoms with Gasteiger partial charge >= 0.3 is 0 Å². The minimum Gasteiger partial charge on any atom is -0.384 e. The third-order valence-corrected chi connectivity index (χ3v) is 3.57.